The molecule has 2 rings (SSSR count). The molecule has 0 aliphatic heterocycles. The van der Waals surface area contributed by atoms with Gasteiger partial charge in [-0.1, -0.05) is 19.3 Å². The van der Waals surface area contributed by atoms with Gasteiger partial charge < -0.3 is 9.64 Å². The second kappa shape index (κ2) is 7.64. The highest BCUT2D eigenvalue weighted by Crippen LogP contribution is 2.31. The molecule has 0 unspecified atom stereocenters. The zero-order chi connectivity index (χ0) is 13.7. The number of nitrogens with zero attached hydrogens (tertiary/aromatic N) is 1. The summed E-state index contributed by atoms with van der Waals surface area (Å²) in [5.74, 6) is 2.14. The van der Waals surface area contributed by atoms with E-state index >= 15 is 0 Å². The van der Waals surface area contributed by atoms with Gasteiger partial charge in [-0.2, -0.15) is 0 Å². The van der Waals surface area contributed by atoms with Crippen molar-refractivity contribution in [3.63, 3.8) is 0 Å². The fourth-order valence-electron chi connectivity index (χ4n) is 3.45. The number of methoxy groups -OCH3 is 1. The van der Waals surface area contributed by atoms with Crippen LogP contribution in [0.3, 0.4) is 0 Å². The van der Waals surface area contributed by atoms with Crippen molar-refractivity contribution in [1.82, 2.24) is 4.90 Å². The van der Waals surface area contributed by atoms with Crippen molar-refractivity contribution in [3.8, 4) is 0 Å². The van der Waals surface area contributed by atoms with Crippen LogP contribution in [0.4, 0.5) is 0 Å². The first-order chi connectivity index (χ1) is 9.22. The number of likely N-dealkylation sites (N-methyl/N-ethyl adjacent to an activating group) is 1. The number of rotatable bonds is 6. The SMILES string of the molecule is CO[C@H](C1CCCCC1)[C@H](C)N(C)C[C]1[CH][CH][CH][CH]1. The first-order valence-corrected chi connectivity index (χ1v) is 7.66. The minimum absolute atomic E-state index is 0.375. The molecule has 0 spiro atoms. The largest absolute Gasteiger partial charge is 0.380 e. The average Bonchev–Trinajstić information content (AvgIpc) is 2.93. The Morgan fingerprint density at radius 1 is 1.21 bits per heavy atom. The molecular formula is C17H28NO. The number of hydrogen-bond acceptors (Lipinski definition) is 2. The molecule has 0 bridgehead atoms. The summed E-state index contributed by atoms with van der Waals surface area (Å²) in [6.45, 7) is 3.33. The van der Waals surface area contributed by atoms with Crippen molar-refractivity contribution in [1.29, 1.82) is 0 Å². The van der Waals surface area contributed by atoms with Crippen LogP contribution < -0.4 is 0 Å². The van der Waals surface area contributed by atoms with Crippen LogP contribution in [0.2, 0.25) is 0 Å². The molecule has 0 N–H and O–H groups in total. The highest BCUT2D eigenvalue weighted by molar-refractivity contribution is 5.36. The summed E-state index contributed by atoms with van der Waals surface area (Å²) in [7, 11) is 4.10. The normalized spacial score (nSPS) is 25.9. The molecule has 2 nitrogen and oxygen atoms in total. The molecule has 5 radical (unpaired) electrons. The molecule has 2 atom stereocenters. The van der Waals surface area contributed by atoms with E-state index in [-0.39, 0.29) is 0 Å². The van der Waals surface area contributed by atoms with Crippen LogP contribution in [0.5, 0.6) is 0 Å². The molecule has 2 aliphatic rings. The lowest BCUT2D eigenvalue weighted by molar-refractivity contribution is -0.0178. The van der Waals surface area contributed by atoms with E-state index in [4.69, 9.17) is 4.74 Å². The molecule has 2 saturated carbocycles. The molecule has 0 aromatic heterocycles. The quantitative estimate of drug-likeness (QED) is 0.728. The fraction of sp³-hybridized carbons (Fsp3) is 0.706. The van der Waals surface area contributed by atoms with Gasteiger partial charge in [-0.25, -0.2) is 0 Å². The summed E-state index contributed by atoms with van der Waals surface area (Å²) >= 11 is 0. The molecule has 2 aliphatic carbocycles. The molecule has 19 heavy (non-hydrogen) atoms. The molecule has 107 valence electrons. The predicted octanol–water partition coefficient (Wildman–Crippen LogP) is 3.31. The number of hydrogen-bond donors (Lipinski definition) is 0. The summed E-state index contributed by atoms with van der Waals surface area (Å²) in [4.78, 5) is 2.43. The van der Waals surface area contributed by atoms with Crippen molar-refractivity contribution in [3.05, 3.63) is 31.6 Å². The maximum Gasteiger partial charge on any atom is 0.0751 e. The van der Waals surface area contributed by atoms with Crippen molar-refractivity contribution in [2.45, 2.75) is 51.2 Å². The van der Waals surface area contributed by atoms with Gasteiger partial charge in [0.25, 0.3) is 0 Å². The highest BCUT2D eigenvalue weighted by atomic mass is 16.5. The molecule has 0 saturated heterocycles. The van der Waals surface area contributed by atoms with Crippen LogP contribution >= 0.6 is 0 Å². The summed E-state index contributed by atoms with van der Waals surface area (Å²) in [5.41, 5.74) is 0. The third kappa shape index (κ3) is 4.19. The van der Waals surface area contributed by atoms with Gasteiger partial charge in [0.15, 0.2) is 0 Å². The maximum absolute atomic E-state index is 5.85. The van der Waals surface area contributed by atoms with Crippen LogP contribution in [0.15, 0.2) is 0 Å². The van der Waals surface area contributed by atoms with Gasteiger partial charge in [0.05, 0.1) is 6.10 Å². The average molecular weight is 262 g/mol. The Kier molecular flexibility index (Phi) is 6.15. The first kappa shape index (κ1) is 15.3. The number of ether oxygens (including phenoxy) is 1. The molecule has 0 amide bonds. The third-order valence-electron chi connectivity index (χ3n) is 4.72. The minimum Gasteiger partial charge on any atom is -0.380 e. The van der Waals surface area contributed by atoms with Crippen molar-refractivity contribution < 1.29 is 4.74 Å². The maximum atomic E-state index is 5.85. The van der Waals surface area contributed by atoms with E-state index in [1.54, 1.807) is 0 Å². The van der Waals surface area contributed by atoms with Gasteiger partial charge in [-0.05, 0) is 64.3 Å². The first-order valence-electron chi connectivity index (χ1n) is 7.66. The van der Waals surface area contributed by atoms with Gasteiger partial charge in [0.1, 0.15) is 0 Å². The van der Waals surface area contributed by atoms with E-state index < -0.39 is 0 Å². The zero-order valence-electron chi connectivity index (χ0n) is 12.6. The Bertz CT molecular complexity index is 244. The van der Waals surface area contributed by atoms with Crippen LogP contribution in [-0.4, -0.2) is 37.7 Å². The predicted molar refractivity (Wildman–Crippen MR) is 79.9 cm³/mol. The van der Waals surface area contributed by atoms with Crippen molar-refractivity contribution >= 4 is 0 Å². The van der Waals surface area contributed by atoms with Crippen LogP contribution in [-0.2, 0) is 4.74 Å². The molecule has 2 fully saturated rings. The van der Waals surface area contributed by atoms with E-state index in [1.165, 1.54) is 38.0 Å². The molecule has 2 heteroatoms. The van der Waals surface area contributed by atoms with Gasteiger partial charge >= 0.3 is 0 Å². The van der Waals surface area contributed by atoms with E-state index in [9.17, 15) is 0 Å². The van der Waals surface area contributed by atoms with Crippen LogP contribution in [0, 0.1) is 37.5 Å². The zero-order valence-corrected chi connectivity index (χ0v) is 12.6. The van der Waals surface area contributed by atoms with E-state index in [0.29, 0.717) is 12.1 Å². The van der Waals surface area contributed by atoms with Gasteiger partial charge in [-0.3, -0.25) is 0 Å². The Hall–Kier alpha value is -0.0800. The Labute approximate surface area is 119 Å². The molecular weight excluding hydrogens is 234 g/mol. The summed E-state index contributed by atoms with van der Waals surface area (Å²) in [6, 6.07) is 0.475. The highest BCUT2D eigenvalue weighted by Gasteiger charge is 2.31. The minimum atomic E-state index is 0.375. The fourth-order valence-corrected chi connectivity index (χ4v) is 3.45. The van der Waals surface area contributed by atoms with E-state index in [0.717, 1.165) is 12.5 Å². The monoisotopic (exact) mass is 262 g/mol. The molecule has 0 aromatic rings. The van der Waals surface area contributed by atoms with Crippen LogP contribution in [0.25, 0.3) is 0 Å². The smallest absolute Gasteiger partial charge is 0.0751 e. The second-order valence-electron chi connectivity index (χ2n) is 6.05. The van der Waals surface area contributed by atoms with Crippen molar-refractivity contribution in [2.75, 3.05) is 20.7 Å². The van der Waals surface area contributed by atoms with E-state index in [2.05, 4.69) is 44.6 Å². The van der Waals surface area contributed by atoms with Crippen LogP contribution in [0.1, 0.15) is 39.0 Å². The Morgan fingerprint density at radius 3 is 2.42 bits per heavy atom. The molecule has 0 aromatic carbocycles. The summed E-state index contributed by atoms with van der Waals surface area (Å²) in [6.07, 6.45) is 15.8. The lowest BCUT2D eigenvalue weighted by Gasteiger charge is -2.38. The van der Waals surface area contributed by atoms with E-state index in [1.807, 2.05) is 7.11 Å². The summed E-state index contributed by atoms with van der Waals surface area (Å²) < 4.78 is 5.85. The van der Waals surface area contributed by atoms with Gasteiger partial charge in [-0.15, -0.1) is 0 Å². The summed E-state index contributed by atoms with van der Waals surface area (Å²) in [5, 5.41) is 0. The lowest BCUT2D eigenvalue weighted by atomic mass is 9.82. The van der Waals surface area contributed by atoms with Crippen molar-refractivity contribution in [2.24, 2.45) is 5.92 Å². The second-order valence-corrected chi connectivity index (χ2v) is 6.05. The third-order valence-corrected chi connectivity index (χ3v) is 4.72. The Morgan fingerprint density at radius 2 is 1.84 bits per heavy atom. The molecule has 0 heterocycles. The topological polar surface area (TPSA) is 12.5 Å². The van der Waals surface area contributed by atoms with Gasteiger partial charge in [0, 0.05) is 19.7 Å². The lowest BCUT2D eigenvalue weighted by Crippen LogP contribution is -2.45. The van der Waals surface area contributed by atoms with Gasteiger partial charge in [0.2, 0.25) is 0 Å². The Balaban J connectivity index is 1.84. The standard InChI is InChI=1S/C17H28NO/c1-14(18(2)13-15-9-7-8-10-15)17(19-3)16-11-5-4-6-12-16/h7-10,14,16-17H,4-6,11-13H2,1-3H3/t14-,17-/m0/s1.